The molecule has 3 aromatic rings. The van der Waals surface area contributed by atoms with Crippen molar-refractivity contribution in [2.45, 2.75) is 4.90 Å². The topological polar surface area (TPSA) is 127 Å². The molecule has 5 rings (SSSR count). The molecule has 2 aliphatic rings. The zero-order chi connectivity index (χ0) is 23.0. The van der Waals surface area contributed by atoms with Gasteiger partial charge in [-0.15, -0.1) is 0 Å². The second kappa shape index (κ2) is 8.64. The van der Waals surface area contributed by atoms with Crippen molar-refractivity contribution < 1.29 is 22.7 Å². The number of nitrogens with zero attached hydrogens (tertiary/aromatic N) is 1. The van der Waals surface area contributed by atoms with Gasteiger partial charge in [0, 0.05) is 47.5 Å². The van der Waals surface area contributed by atoms with Crippen LogP contribution in [0.5, 0.6) is 5.75 Å². The van der Waals surface area contributed by atoms with Gasteiger partial charge < -0.3 is 19.8 Å². The lowest BCUT2D eigenvalue weighted by Gasteiger charge is -2.26. The van der Waals surface area contributed by atoms with E-state index in [0.717, 1.165) is 55.2 Å². The minimum absolute atomic E-state index is 0.0424. The van der Waals surface area contributed by atoms with Crippen LogP contribution >= 0.6 is 0 Å². The third-order valence-electron chi connectivity index (χ3n) is 5.80. The molecule has 9 nitrogen and oxygen atoms in total. The number of aromatic amines is 1. The highest BCUT2D eigenvalue weighted by molar-refractivity contribution is 7.89. The van der Waals surface area contributed by atoms with E-state index in [9.17, 15) is 13.2 Å². The normalized spacial score (nSPS) is 18.0. The average Bonchev–Trinajstić information content (AvgIpc) is 3.33. The number of hydrogen-bond donors (Lipinski definition) is 3. The highest BCUT2D eigenvalue weighted by Gasteiger charge is 2.26. The number of nitrogens with one attached hydrogen (secondary N) is 2. The van der Waals surface area contributed by atoms with Crippen LogP contribution < -0.4 is 15.2 Å². The van der Waals surface area contributed by atoms with E-state index in [-0.39, 0.29) is 10.8 Å². The summed E-state index contributed by atoms with van der Waals surface area (Å²) in [4.78, 5) is 18.1. The quantitative estimate of drug-likeness (QED) is 0.475. The minimum atomic E-state index is -3.88. The number of ether oxygens (including phenoxy) is 2. The molecule has 1 amide bonds. The lowest BCUT2D eigenvalue weighted by molar-refractivity contribution is -0.110. The number of primary sulfonamides is 1. The van der Waals surface area contributed by atoms with Gasteiger partial charge in [0.25, 0.3) is 5.91 Å². The van der Waals surface area contributed by atoms with E-state index in [2.05, 4.69) is 15.2 Å². The number of benzene rings is 2. The zero-order valence-electron chi connectivity index (χ0n) is 17.8. The van der Waals surface area contributed by atoms with Crippen LogP contribution in [0.4, 0.5) is 5.69 Å². The Labute approximate surface area is 191 Å². The van der Waals surface area contributed by atoms with Crippen LogP contribution in [-0.4, -0.2) is 63.7 Å². The van der Waals surface area contributed by atoms with Gasteiger partial charge in [-0.2, -0.15) is 0 Å². The number of aromatic nitrogens is 1. The SMILES string of the molecule is NS(=O)(=O)c1ccc2c(c1)C(=Cc1cc3cc(OCCN4CCOCC4)ccc3[nH]1)C(=O)N2. The van der Waals surface area contributed by atoms with E-state index < -0.39 is 10.0 Å². The molecule has 4 N–H and O–H groups in total. The number of nitrogens with two attached hydrogens (primary N) is 1. The Balaban J connectivity index is 1.36. The molecule has 0 atom stereocenters. The van der Waals surface area contributed by atoms with Crippen LogP contribution in [0.25, 0.3) is 22.6 Å². The van der Waals surface area contributed by atoms with Gasteiger partial charge in [0.05, 0.1) is 23.7 Å². The second-order valence-electron chi connectivity index (χ2n) is 8.04. The summed E-state index contributed by atoms with van der Waals surface area (Å²) in [6.07, 6.45) is 1.70. The fourth-order valence-electron chi connectivity index (χ4n) is 4.06. The molecule has 0 saturated carbocycles. The first-order valence-electron chi connectivity index (χ1n) is 10.6. The van der Waals surface area contributed by atoms with Crippen LogP contribution in [-0.2, 0) is 19.6 Å². The van der Waals surface area contributed by atoms with Crippen molar-refractivity contribution in [1.82, 2.24) is 9.88 Å². The molecule has 0 radical (unpaired) electrons. The third-order valence-corrected chi connectivity index (χ3v) is 6.71. The summed E-state index contributed by atoms with van der Waals surface area (Å²) >= 11 is 0. The molecule has 1 saturated heterocycles. The molecule has 0 unspecified atom stereocenters. The number of amides is 1. The highest BCUT2D eigenvalue weighted by atomic mass is 32.2. The van der Waals surface area contributed by atoms with Gasteiger partial charge in [-0.25, -0.2) is 13.6 Å². The van der Waals surface area contributed by atoms with Gasteiger partial charge in [0.1, 0.15) is 12.4 Å². The van der Waals surface area contributed by atoms with Crippen molar-refractivity contribution >= 4 is 44.2 Å². The summed E-state index contributed by atoms with van der Waals surface area (Å²) in [7, 11) is -3.88. The predicted octanol–water partition coefficient (Wildman–Crippen LogP) is 2.02. The molecule has 3 heterocycles. The fourth-order valence-corrected chi connectivity index (χ4v) is 4.60. The molecule has 33 heavy (non-hydrogen) atoms. The summed E-state index contributed by atoms with van der Waals surface area (Å²) in [5, 5.41) is 8.94. The molecule has 0 bridgehead atoms. The Morgan fingerprint density at radius 3 is 2.73 bits per heavy atom. The monoisotopic (exact) mass is 468 g/mol. The average molecular weight is 469 g/mol. The number of anilines is 1. The van der Waals surface area contributed by atoms with E-state index >= 15 is 0 Å². The van der Waals surface area contributed by atoms with Gasteiger partial charge in [-0.05, 0) is 48.5 Å². The second-order valence-corrected chi connectivity index (χ2v) is 9.60. The molecule has 2 aliphatic heterocycles. The largest absolute Gasteiger partial charge is 0.492 e. The van der Waals surface area contributed by atoms with E-state index in [1.165, 1.54) is 12.1 Å². The van der Waals surface area contributed by atoms with E-state index in [4.69, 9.17) is 14.6 Å². The molecular formula is C23H24N4O5S. The Hall–Kier alpha value is -3.18. The number of rotatable bonds is 6. The van der Waals surface area contributed by atoms with Crippen molar-refractivity contribution in [3.63, 3.8) is 0 Å². The summed E-state index contributed by atoms with van der Waals surface area (Å²) in [5.41, 5.74) is 3.03. The number of sulfonamides is 1. The number of carbonyl (C=O) groups excluding carboxylic acids is 1. The van der Waals surface area contributed by atoms with E-state index in [1.54, 1.807) is 12.1 Å². The Kier molecular flexibility index (Phi) is 5.67. The first kappa shape index (κ1) is 21.7. The smallest absolute Gasteiger partial charge is 0.256 e. The molecular weight excluding hydrogens is 444 g/mol. The van der Waals surface area contributed by atoms with Gasteiger partial charge in [0.2, 0.25) is 10.0 Å². The maximum Gasteiger partial charge on any atom is 0.256 e. The molecule has 0 spiro atoms. The van der Waals surface area contributed by atoms with Crippen LogP contribution in [0.1, 0.15) is 11.3 Å². The number of fused-ring (bicyclic) bond motifs is 2. The summed E-state index contributed by atoms with van der Waals surface area (Å²) < 4.78 is 34.7. The van der Waals surface area contributed by atoms with Crippen molar-refractivity contribution in [3.05, 3.63) is 53.7 Å². The van der Waals surface area contributed by atoms with Gasteiger partial charge in [-0.3, -0.25) is 9.69 Å². The van der Waals surface area contributed by atoms with Crippen molar-refractivity contribution in [1.29, 1.82) is 0 Å². The molecule has 2 aromatic carbocycles. The lowest BCUT2D eigenvalue weighted by atomic mass is 10.1. The predicted molar refractivity (Wildman–Crippen MR) is 125 cm³/mol. The molecule has 1 aromatic heterocycles. The Morgan fingerprint density at radius 1 is 1.12 bits per heavy atom. The number of carbonyl (C=O) groups is 1. The van der Waals surface area contributed by atoms with Crippen LogP contribution in [0.3, 0.4) is 0 Å². The first-order valence-corrected chi connectivity index (χ1v) is 12.2. The highest BCUT2D eigenvalue weighted by Crippen LogP contribution is 2.35. The summed E-state index contributed by atoms with van der Waals surface area (Å²) in [5.74, 6) is 0.470. The van der Waals surface area contributed by atoms with Crippen molar-refractivity contribution in [2.75, 3.05) is 44.8 Å². The molecule has 1 fully saturated rings. The molecule has 172 valence electrons. The van der Waals surface area contributed by atoms with E-state index in [0.29, 0.717) is 23.4 Å². The minimum Gasteiger partial charge on any atom is -0.492 e. The van der Waals surface area contributed by atoms with Crippen molar-refractivity contribution in [2.24, 2.45) is 5.14 Å². The summed E-state index contributed by atoms with van der Waals surface area (Å²) in [6, 6.07) is 12.0. The Bertz CT molecular complexity index is 1360. The standard InChI is InChI=1S/C23H24N4O5S/c24-33(29,30)18-2-4-22-19(14-18)20(23(28)26-22)13-16-11-15-12-17(1-3-21(15)25-16)32-10-7-27-5-8-31-9-6-27/h1-4,11-14,25H,5-10H2,(H,26,28)(H2,24,29,30). The van der Waals surface area contributed by atoms with Gasteiger partial charge >= 0.3 is 0 Å². The fraction of sp³-hybridized carbons (Fsp3) is 0.261. The van der Waals surface area contributed by atoms with Crippen molar-refractivity contribution in [3.8, 4) is 5.75 Å². The van der Waals surface area contributed by atoms with Crippen LogP contribution in [0.2, 0.25) is 0 Å². The van der Waals surface area contributed by atoms with Gasteiger partial charge in [-0.1, -0.05) is 0 Å². The molecule has 10 heteroatoms. The molecule has 0 aliphatic carbocycles. The first-order chi connectivity index (χ1) is 15.9. The zero-order valence-corrected chi connectivity index (χ0v) is 18.7. The van der Waals surface area contributed by atoms with Crippen LogP contribution in [0, 0.1) is 0 Å². The number of morpholine rings is 1. The number of H-pyrrole nitrogens is 1. The maximum absolute atomic E-state index is 12.5. The summed E-state index contributed by atoms with van der Waals surface area (Å²) in [6.45, 7) is 4.82. The van der Waals surface area contributed by atoms with E-state index in [1.807, 2.05) is 24.3 Å². The van der Waals surface area contributed by atoms with Crippen LogP contribution in [0.15, 0.2) is 47.4 Å². The third kappa shape index (κ3) is 4.64. The lowest BCUT2D eigenvalue weighted by Crippen LogP contribution is -2.38. The maximum atomic E-state index is 12.5. The van der Waals surface area contributed by atoms with Gasteiger partial charge in [0.15, 0.2) is 0 Å². The number of hydrogen-bond acceptors (Lipinski definition) is 6. The Morgan fingerprint density at radius 2 is 1.94 bits per heavy atom.